The molecule has 0 fully saturated rings. The molecule has 0 saturated carbocycles. The largest absolute Gasteiger partial charge is 0.356 e. The first kappa shape index (κ1) is 18.4. The monoisotopic (exact) mass is 342 g/mol. The van der Waals surface area contributed by atoms with Crippen molar-refractivity contribution in [3.05, 3.63) is 65.2 Å². The fourth-order valence-electron chi connectivity index (χ4n) is 2.82. The van der Waals surface area contributed by atoms with E-state index in [1.165, 1.54) is 21.6 Å². The SMILES string of the molecule is Cc1cc(C)cc(NC(=S)NC[C@H](Cc2ccccc2)[NH+](C)C)c1. The Hall–Kier alpha value is -1.91. The Balaban J connectivity index is 1.90. The van der Waals surface area contributed by atoms with Gasteiger partial charge in [-0.3, -0.25) is 0 Å². The van der Waals surface area contributed by atoms with Crippen LogP contribution in [0.1, 0.15) is 16.7 Å². The highest BCUT2D eigenvalue weighted by molar-refractivity contribution is 7.80. The average molecular weight is 343 g/mol. The molecule has 2 aromatic carbocycles. The van der Waals surface area contributed by atoms with Gasteiger partial charge in [-0.15, -0.1) is 0 Å². The molecule has 0 aliphatic heterocycles. The van der Waals surface area contributed by atoms with Crippen LogP contribution in [-0.2, 0) is 6.42 Å². The maximum atomic E-state index is 5.46. The van der Waals surface area contributed by atoms with Gasteiger partial charge in [-0.25, -0.2) is 0 Å². The predicted octanol–water partition coefficient (Wildman–Crippen LogP) is 2.35. The summed E-state index contributed by atoms with van der Waals surface area (Å²) in [4.78, 5) is 1.42. The molecule has 3 N–H and O–H groups in total. The first-order valence-corrected chi connectivity index (χ1v) is 8.82. The van der Waals surface area contributed by atoms with Crippen LogP contribution in [0, 0.1) is 13.8 Å². The second kappa shape index (κ2) is 8.81. The van der Waals surface area contributed by atoms with Gasteiger partial charge in [0.1, 0.15) is 6.04 Å². The van der Waals surface area contributed by atoms with Crippen LogP contribution in [0.3, 0.4) is 0 Å². The van der Waals surface area contributed by atoms with Crippen LogP contribution in [0.15, 0.2) is 48.5 Å². The van der Waals surface area contributed by atoms with Gasteiger partial charge in [-0.05, 0) is 54.9 Å². The van der Waals surface area contributed by atoms with Crippen molar-refractivity contribution in [1.82, 2.24) is 5.32 Å². The molecule has 0 unspecified atom stereocenters. The fourth-order valence-corrected chi connectivity index (χ4v) is 3.02. The summed E-state index contributed by atoms with van der Waals surface area (Å²) < 4.78 is 0. The third kappa shape index (κ3) is 5.95. The molecule has 2 aromatic rings. The highest BCUT2D eigenvalue weighted by Gasteiger charge is 2.16. The molecule has 0 spiro atoms. The second-order valence-electron chi connectivity index (χ2n) is 6.68. The van der Waals surface area contributed by atoms with Crippen LogP contribution in [0.5, 0.6) is 0 Å². The van der Waals surface area contributed by atoms with E-state index in [1.54, 1.807) is 0 Å². The van der Waals surface area contributed by atoms with Gasteiger partial charge < -0.3 is 15.5 Å². The number of hydrogen-bond acceptors (Lipinski definition) is 1. The molecule has 0 aliphatic carbocycles. The molecule has 24 heavy (non-hydrogen) atoms. The lowest BCUT2D eigenvalue weighted by Gasteiger charge is -2.23. The highest BCUT2D eigenvalue weighted by atomic mass is 32.1. The van der Waals surface area contributed by atoms with Gasteiger partial charge in [0, 0.05) is 12.1 Å². The van der Waals surface area contributed by atoms with Crippen molar-refractivity contribution in [2.45, 2.75) is 26.3 Å². The number of aryl methyl sites for hydroxylation is 2. The van der Waals surface area contributed by atoms with Crippen molar-refractivity contribution < 1.29 is 4.90 Å². The number of likely N-dealkylation sites (N-methyl/N-ethyl adjacent to an activating group) is 1. The van der Waals surface area contributed by atoms with Crippen LogP contribution in [0.4, 0.5) is 5.69 Å². The number of hydrogen-bond donors (Lipinski definition) is 3. The van der Waals surface area contributed by atoms with Crippen molar-refractivity contribution in [3.63, 3.8) is 0 Å². The van der Waals surface area contributed by atoms with Gasteiger partial charge >= 0.3 is 0 Å². The zero-order chi connectivity index (χ0) is 17.5. The Morgan fingerprint density at radius 1 is 1.04 bits per heavy atom. The molecular formula is C20H28N3S+. The van der Waals surface area contributed by atoms with Crippen LogP contribution >= 0.6 is 12.2 Å². The molecule has 0 bridgehead atoms. The van der Waals surface area contributed by atoms with Crippen molar-refractivity contribution in [2.75, 3.05) is 26.0 Å². The maximum Gasteiger partial charge on any atom is 0.170 e. The standard InChI is InChI=1S/C20H27N3S/c1-15-10-16(2)12-18(11-15)22-20(24)21-14-19(23(3)4)13-17-8-6-5-7-9-17/h5-12,19H,13-14H2,1-4H3,(H2,21,22,24)/p+1/t19-/m0/s1. The van der Waals surface area contributed by atoms with Gasteiger partial charge in [0.05, 0.1) is 20.6 Å². The lowest BCUT2D eigenvalue weighted by atomic mass is 10.1. The van der Waals surface area contributed by atoms with Crippen molar-refractivity contribution >= 4 is 23.0 Å². The fraction of sp³-hybridized carbons (Fsp3) is 0.350. The minimum atomic E-state index is 0.464. The number of anilines is 1. The van der Waals surface area contributed by atoms with Crippen molar-refractivity contribution in [3.8, 4) is 0 Å². The minimum Gasteiger partial charge on any atom is -0.356 e. The Morgan fingerprint density at radius 2 is 1.67 bits per heavy atom. The summed E-state index contributed by atoms with van der Waals surface area (Å²) in [6.45, 7) is 5.04. The summed E-state index contributed by atoms with van der Waals surface area (Å²) in [7, 11) is 4.38. The molecule has 0 saturated heterocycles. The summed E-state index contributed by atoms with van der Waals surface area (Å²) in [6.07, 6.45) is 1.03. The quantitative estimate of drug-likeness (QED) is 0.704. The lowest BCUT2D eigenvalue weighted by molar-refractivity contribution is -0.884. The van der Waals surface area contributed by atoms with Crippen molar-refractivity contribution in [1.29, 1.82) is 0 Å². The van der Waals surface area contributed by atoms with Gasteiger partial charge in [0.25, 0.3) is 0 Å². The molecule has 0 aromatic heterocycles. The van der Waals surface area contributed by atoms with Crippen molar-refractivity contribution in [2.24, 2.45) is 0 Å². The van der Waals surface area contributed by atoms with E-state index in [4.69, 9.17) is 12.2 Å². The van der Waals surface area contributed by atoms with Crippen LogP contribution in [-0.4, -0.2) is 31.8 Å². The molecule has 128 valence electrons. The van der Waals surface area contributed by atoms with E-state index in [9.17, 15) is 0 Å². The summed E-state index contributed by atoms with van der Waals surface area (Å²) in [5.74, 6) is 0. The maximum absolute atomic E-state index is 5.46. The zero-order valence-corrected chi connectivity index (χ0v) is 15.8. The average Bonchev–Trinajstić information content (AvgIpc) is 2.51. The number of rotatable bonds is 6. The van der Waals surface area contributed by atoms with E-state index in [2.05, 4.69) is 87.1 Å². The summed E-state index contributed by atoms with van der Waals surface area (Å²) in [5.41, 5.74) is 4.88. The summed E-state index contributed by atoms with van der Waals surface area (Å²) in [5, 5.41) is 7.34. The van der Waals surface area contributed by atoms with Gasteiger partial charge in [0.15, 0.2) is 5.11 Å². The molecule has 1 atom stereocenters. The number of quaternary nitrogens is 1. The summed E-state index contributed by atoms with van der Waals surface area (Å²) >= 11 is 5.46. The molecule has 0 radical (unpaired) electrons. The van der Waals surface area contributed by atoms with Gasteiger partial charge in [-0.1, -0.05) is 36.4 Å². The predicted molar refractivity (Wildman–Crippen MR) is 107 cm³/mol. The minimum absolute atomic E-state index is 0.464. The van der Waals surface area contributed by atoms with E-state index < -0.39 is 0 Å². The molecule has 4 heteroatoms. The van der Waals surface area contributed by atoms with Crippen LogP contribution in [0.25, 0.3) is 0 Å². The third-order valence-electron chi connectivity index (χ3n) is 4.13. The first-order valence-electron chi connectivity index (χ1n) is 8.41. The molecule has 0 amide bonds. The van der Waals surface area contributed by atoms with E-state index in [0.717, 1.165) is 18.7 Å². The smallest absolute Gasteiger partial charge is 0.170 e. The van der Waals surface area contributed by atoms with E-state index in [1.807, 2.05) is 0 Å². The molecule has 0 heterocycles. The van der Waals surface area contributed by atoms with Crippen LogP contribution < -0.4 is 15.5 Å². The first-order chi connectivity index (χ1) is 11.4. The Bertz CT molecular complexity index is 648. The number of benzene rings is 2. The summed E-state index contributed by atoms with van der Waals surface area (Å²) in [6, 6.07) is 17.5. The zero-order valence-electron chi connectivity index (χ0n) is 15.0. The van der Waals surface area contributed by atoms with Gasteiger partial charge in [-0.2, -0.15) is 0 Å². The number of thiocarbonyl (C=S) groups is 1. The molecule has 3 nitrogen and oxygen atoms in total. The Kier molecular flexibility index (Phi) is 6.76. The van der Waals surface area contributed by atoms with E-state index >= 15 is 0 Å². The van der Waals surface area contributed by atoms with E-state index in [0.29, 0.717) is 11.2 Å². The Morgan fingerprint density at radius 3 is 2.25 bits per heavy atom. The number of nitrogens with one attached hydrogen (secondary N) is 3. The lowest BCUT2D eigenvalue weighted by Crippen LogP contribution is -3.11. The molecule has 0 aliphatic rings. The van der Waals surface area contributed by atoms with E-state index in [-0.39, 0.29) is 0 Å². The topological polar surface area (TPSA) is 28.5 Å². The second-order valence-corrected chi connectivity index (χ2v) is 7.08. The van der Waals surface area contributed by atoms with Gasteiger partial charge in [0.2, 0.25) is 0 Å². The highest BCUT2D eigenvalue weighted by Crippen LogP contribution is 2.13. The molecule has 2 rings (SSSR count). The third-order valence-corrected chi connectivity index (χ3v) is 4.38. The normalized spacial score (nSPS) is 12.0. The Labute approximate surface area is 151 Å². The molecular weight excluding hydrogens is 314 g/mol. The van der Waals surface area contributed by atoms with Crippen LogP contribution in [0.2, 0.25) is 0 Å².